The topological polar surface area (TPSA) is 127 Å². The Morgan fingerprint density at radius 2 is 1.86 bits per heavy atom. The van der Waals surface area contributed by atoms with Gasteiger partial charge in [0.1, 0.15) is 24.4 Å². The van der Waals surface area contributed by atoms with Crippen LogP contribution in [0, 0.1) is 0 Å². The molecule has 5 N–H and O–H groups in total. The van der Waals surface area contributed by atoms with E-state index in [0.717, 1.165) is 0 Å². The summed E-state index contributed by atoms with van der Waals surface area (Å²) in [7, 11) is 0. The lowest BCUT2D eigenvalue weighted by molar-refractivity contribution is -0.326. The van der Waals surface area contributed by atoms with Crippen molar-refractivity contribution in [1.82, 2.24) is 0 Å². The van der Waals surface area contributed by atoms with E-state index < -0.39 is 36.8 Å². The van der Waals surface area contributed by atoms with Crippen molar-refractivity contribution in [1.29, 1.82) is 0 Å². The number of hydrogen-bond acceptors (Lipinski definition) is 7. The van der Waals surface area contributed by atoms with Gasteiger partial charge in [-0.2, -0.15) is 0 Å². The molecule has 1 heterocycles. The lowest BCUT2D eigenvalue weighted by atomic mass is 9.93. The van der Waals surface area contributed by atoms with Crippen LogP contribution in [0.4, 0.5) is 0 Å². The number of aliphatic hydroxyl groups is 5. The molecule has 1 rings (SSSR count). The van der Waals surface area contributed by atoms with Crippen molar-refractivity contribution in [2.75, 3.05) is 6.61 Å². The molecule has 0 spiro atoms. The van der Waals surface area contributed by atoms with Gasteiger partial charge in [-0.3, -0.25) is 4.79 Å². The molecule has 5 unspecified atom stereocenters. The first-order valence-corrected chi connectivity index (χ1v) is 3.98. The minimum atomic E-state index is -2.59. The molecule has 0 aromatic heterocycles. The quantitative estimate of drug-likeness (QED) is 0.296. The monoisotopic (exact) mass is 208 g/mol. The van der Waals surface area contributed by atoms with E-state index in [1.807, 2.05) is 0 Å². The van der Waals surface area contributed by atoms with Crippen molar-refractivity contribution in [3.63, 3.8) is 0 Å². The second-order valence-electron chi connectivity index (χ2n) is 3.13. The van der Waals surface area contributed by atoms with Crippen LogP contribution < -0.4 is 0 Å². The van der Waals surface area contributed by atoms with E-state index in [-0.39, 0.29) is 6.29 Å². The summed E-state index contributed by atoms with van der Waals surface area (Å²) < 4.78 is 4.54. The first-order valence-electron chi connectivity index (χ1n) is 3.98. The van der Waals surface area contributed by atoms with Crippen LogP contribution in [-0.2, 0) is 9.53 Å². The fraction of sp³-hybridized carbons (Fsp3) is 0.857. The van der Waals surface area contributed by atoms with E-state index in [2.05, 4.69) is 4.74 Å². The van der Waals surface area contributed by atoms with Gasteiger partial charge in [-0.05, 0) is 0 Å². The number of aliphatic hydroxyl groups excluding tert-OH is 4. The number of carbonyl (C=O) groups is 1. The summed E-state index contributed by atoms with van der Waals surface area (Å²) in [5.41, 5.74) is 0. The molecule has 0 saturated carbocycles. The number of carbonyl (C=O) groups excluding carboxylic acids is 1. The minimum absolute atomic E-state index is 0.102. The molecular weight excluding hydrogens is 196 g/mol. The molecule has 0 aliphatic carbocycles. The average molecular weight is 208 g/mol. The number of rotatable bonds is 2. The Kier molecular flexibility index (Phi) is 3.20. The van der Waals surface area contributed by atoms with Crippen molar-refractivity contribution in [2.45, 2.75) is 30.2 Å². The third kappa shape index (κ3) is 1.65. The second-order valence-corrected chi connectivity index (χ2v) is 3.13. The Bertz CT molecular complexity index is 218. The highest BCUT2D eigenvalue weighted by Crippen LogP contribution is 2.26. The van der Waals surface area contributed by atoms with Crippen LogP contribution in [0.5, 0.6) is 0 Å². The molecular formula is C7H12O7. The Morgan fingerprint density at radius 3 is 2.29 bits per heavy atom. The van der Waals surface area contributed by atoms with Crippen LogP contribution in [0.25, 0.3) is 0 Å². The zero-order chi connectivity index (χ0) is 10.9. The number of hydrogen-bond donors (Lipinski definition) is 5. The van der Waals surface area contributed by atoms with E-state index >= 15 is 0 Å². The molecule has 82 valence electrons. The summed E-state index contributed by atoms with van der Waals surface area (Å²) in [5, 5.41) is 45.6. The molecule has 5 atom stereocenters. The van der Waals surface area contributed by atoms with Crippen molar-refractivity contribution in [3.05, 3.63) is 0 Å². The maximum absolute atomic E-state index is 10.4. The van der Waals surface area contributed by atoms with E-state index in [9.17, 15) is 25.2 Å². The molecule has 1 aliphatic rings. The Balaban J connectivity index is 2.89. The predicted molar refractivity (Wildman–Crippen MR) is 41.0 cm³/mol. The summed E-state index contributed by atoms with van der Waals surface area (Å²) in [5.74, 6) is -2.59. The molecule has 7 nitrogen and oxygen atoms in total. The van der Waals surface area contributed by atoms with Crippen LogP contribution in [-0.4, -0.2) is 68.6 Å². The van der Waals surface area contributed by atoms with Gasteiger partial charge < -0.3 is 30.3 Å². The van der Waals surface area contributed by atoms with Crippen LogP contribution in [0.1, 0.15) is 0 Å². The van der Waals surface area contributed by atoms with Gasteiger partial charge in [-0.1, -0.05) is 0 Å². The highest BCUT2D eigenvalue weighted by molar-refractivity contribution is 5.61. The maximum Gasteiger partial charge on any atom is 0.253 e. The minimum Gasteiger partial charge on any atom is -0.394 e. The highest BCUT2D eigenvalue weighted by Gasteiger charge is 2.52. The molecule has 0 radical (unpaired) electrons. The summed E-state index contributed by atoms with van der Waals surface area (Å²) in [6, 6.07) is 0. The van der Waals surface area contributed by atoms with E-state index in [1.54, 1.807) is 0 Å². The second kappa shape index (κ2) is 3.89. The fourth-order valence-corrected chi connectivity index (χ4v) is 1.28. The summed E-state index contributed by atoms with van der Waals surface area (Å²) >= 11 is 0. The van der Waals surface area contributed by atoms with Gasteiger partial charge in [0.15, 0.2) is 6.29 Å². The molecule has 1 saturated heterocycles. The molecule has 7 heteroatoms. The van der Waals surface area contributed by atoms with Gasteiger partial charge in [0.2, 0.25) is 0 Å². The van der Waals surface area contributed by atoms with Gasteiger partial charge >= 0.3 is 0 Å². The number of aldehydes is 1. The SMILES string of the molecule is O=CC1(O)OC(CO)C(O)C(O)C1O. The normalized spacial score (nSPS) is 48.9. The highest BCUT2D eigenvalue weighted by atomic mass is 16.7. The first kappa shape index (κ1) is 11.5. The molecule has 14 heavy (non-hydrogen) atoms. The van der Waals surface area contributed by atoms with E-state index in [1.165, 1.54) is 0 Å². The van der Waals surface area contributed by atoms with Gasteiger partial charge in [0, 0.05) is 0 Å². The maximum atomic E-state index is 10.4. The summed E-state index contributed by atoms with van der Waals surface area (Å²) in [4.78, 5) is 10.4. The molecule has 1 aliphatic heterocycles. The average Bonchev–Trinajstić information content (AvgIpc) is 2.20. The Labute approximate surface area is 79.2 Å². The van der Waals surface area contributed by atoms with E-state index in [0.29, 0.717) is 0 Å². The largest absolute Gasteiger partial charge is 0.394 e. The molecule has 1 fully saturated rings. The van der Waals surface area contributed by atoms with Crippen LogP contribution in [0.3, 0.4) is 0 Å². The van der Waals surface area contributed by atoms with Crippen LogP contribution in [0.2, 0.25) is 0 Å². The smallest absolute Gasteiger partial charge is 0.253 e. The third-order valence-electron chi connectivity index (χ3n) is 2.17. The van der Waals surface area contributed by atoms with Crippen molar-refractivity contribution in [2.24, 2.45) is 0 Å². The van der Waals surface area contributed by atoms with Crippen molar-refractivity contribution >= 4 is 6.29 Å². The standard InChI is InChI=1S/C7H12O7/c8-1-3-4(10)5(11)6(12)7(13,2-9)14-3/h2-6,8,10-13H,1H2. The zero-order valence-electron chi connectivity index (χ0n) is 7.15. The van der Waals surface area contributed by atoms with Crippen LogP contribution >= 0.6 is 0 Å². The van der Waals surface area contributed by atoms with Crippen molar-refractivity contribution < 1.29 is 35.1 Å². The zero-order valence-corrected chi connectivity index (χ0v) is 7.15. The van der Waals surface area contributed by atoms with Gasteiger partial charge in [0.25, 0.3) is 5.79 Å². The first-order chi connectivity index (χ1) is 6.46. The Hall–Kier alpha value is -0.570. The fourth-order valence-electron chi connectivity index (χ4n) is 1.28. The summed E-state index contributed by atoms with van der Waals surface area (Å²) in [6.07, 6.45) is -6.68. The number of ether oxygens (including phenoxy) is 1. The van der Waals surface area contributed by atoms with Gasteiger partial charge in [0.05, 0.1) is 6.61 Å². The molecule has 0 aromatic rings. The van der Waals surface area contributed by atoms with Crippen molar-refractivity contribution in [3.8, 4) is 0 Å². The summed E-state index contributed by atoms with van der Waals surface area (Å²) in [6.45, 7) is -0.693. The lowest BCUT2D eigenvalue weighted by Crippen LogP contribution is -2.65. The molecule has 0 amide bonds. The molecule has 0 aromatic carbocycles. The Morgan fingerprint density at radius 1 is 1.29 bits per heavy atom. The third-order valence-corrected chi connectivity index (χ3v) is 2.17. The lowest BCUT2D eigenvalue weighted by Gasteiger charge is -2.42. The van der Waals surface area contributed by atoms with Crippen LogP contribution in [0.15, 0.2) is 0 Å². The predicted octanol–water partition coefficient (Wildman–Crippen LogP) is -3.65. The van der Waals surface area contributed by atoms with Gasteiger partial charge in [-0.25, -0.2) is 0 Å². The molecule has 0 bridgehead atoms. The van der Waals surface area contributed by atoms with E-state index in [4.69, 9.17) is 5.11 Å². The van der Waals surface area contributed by atoms with Gasteiger partial charge in [-0.15, -0.1) is 0 Å².